The lowest BCUT2D eigenvalue weighted by Crippen LogP contribution is -2.51. The van der Waals surface area contributed by atoms with E-state index in [0.717, 1.165) is 9.87 Å². The molecule has 1 N–H and O–H groups in total. The molecule has 2 amide bonds. The number of halogens is 2. The molecule has 38 heavy (non-hydrogen) atoms. The topological polar surface area (TPSA) is 86.8 Å². The van der Waals surface area contributed by atoms with Crippen LogP contribution in [0.25, 0.3) is 0 Å². The first-order valence-electron chi connectivity index (χ1n) is 12.2. The minimum Gasteiger partial charge on any atom is -0.354 e. The largest absolute Gasteiger partial charge is 0.354 e. The fourth-order valence-electron chi connectivity index (χ4n) is 3.81. The maximum Gasteiger partial charge on any atom is 0.264 e. The first-order valence-corrected chi connectivity index (χ1v) is 14.0. The molecular weight excluding hydrogens is 529 g/mol. The number of sulfonamides is 1. The van der Waals surface area contributed by atoms with Gasteiger partial charge in [0.15, 0.2) is 0 Å². The third-order valence-electron chi connectivity index (χ3n) is 5.95. The average molecular weight is 560 g/mol. The number of aryl methyl sites for hydroxylation is 1. The number of carbonyl (C=O) groups excluding carboxylic acids is 2. The molecule has 0 radical (unpaired) electrons. The number of anilines is 1. The van der Waals surface area contributed by atoms with Crippen molar-refractivity contribution >= 4 is 39.1 Å². The van der Waals surface area contributed by atoms with Gasteiger partial charge < -0.3 is 10.2 Å². The molecule has 10 heteroatoms. The Bertz CT molecular complexity index is 1370. The SMILES string of the molecule is CCCNC(=O)C(C)N(Cc1ccc(F)cc1)C(=O)CN(c1cccc(C)c1)S(=O)(=O)c1ccc(Cl)cc1. The molecule has 202 valence electrons. The van der Waals surface area contributed by atoms with Gasteiger partial charge in [0, 0.05) is 18.1 Å². The standard InChI is InChI=1S/C28H31ClFN3O4S/c1-4-16-31-28(35)21(3)32(18-22-8-12-24(30)13-9-22)27(34)19-33(25-7-5-6-20(2)17-25)38(36,37)26-14-10-23(29)11-15-26/h5-15,17,21H,4,16,18-19H2,1-3H3,(H,31,35). The lowest BCUT2D eigenvalue weighted by molar-refractivity contribution is -0.139. The zero-order valence-electron chi connectivity index (χ0n) is 21.5. The van der Waals surface area contributed by atoms with Gasteiger partial charge in [0.25, 0.3) is 10.0 Å². The van der Waals surface area contributed by atoms with E-state index in [-0.39, 0.29) is 17.3 Å². The van der Waals surface area contributed by atoms with Gasteiger partial charge >= 0.3 is 0 Å². The molecule has 0 bridgehead atoms. The molecule has 0 aliphatic carbocycles. The number of hydrogen-bond donors (Lipinski definition) is 1. The van der Waals surface area contributed by atoms with Crippen LogP contribution in [0.3, 0.4) is 0 Å². The Labute approximate surface area is 228 Å². The second kappa shape index (κ2) is 12.9. The number of nitrogens with one attached hydrogen (secondary N) is 1. The molecule has 0 aromatic heterocycles. The molecule has 1 unspecified atom stereocenters. The summed E-state index contributed by atoms with van der Waals surface area (Å²) in [6.45, 7) is 5.18. The summed E-state index contributed by atoms with van der Waals surface area (Å²) in [4.78, 5) is 27.9. The van der Waals surface area contributed by atoms with Crippen molar-refractivity contribution in [1.29, 1.82) is 0 Å². The number of nitrogens with zero attached hydrogens (tertiary/aromatic N) is 2. The van der Waals surface area contributed by atoms with Gasteiger partial charge in [-0.1, -0.05) is 42.8 Å². The Hall–Kier alpha value is -3.43. The first-order chi connectivity index (χ1) is 18.0. The van der Waals surface area contributed by atoms with E-state index in [1.807, 2.05) is 19.9 Å². The smallest absolute Gasteiger partial charge is 0.264 e. The van der Waals surface area contributed by atoms with Crippen LogP contribution < -0.4 is 9.62 Å². The summed E-state index contributed by atoms with van der Waals surface area (Å²) in [7, 11) is -4.18. The molecule has 0 spiro atoms. The summed E-state index contributed by atoms with van der Waals surface area (Å²) in [6, 6.07) is 17.2. The van der Waals surface area contributed by atoms with E-state index in [0.29, 0.717) is 29.2 Å². The molecule has 1 atom stereocenters. The number of rotatable bonds is 11. The van der Waals surface area contributed by atoms with Crippen molar-refractivity contribution in [1.82, 2.24) is 10.2 Å². The van der Waals surface area contributed by atoms with Crippen LogP contribution in [0.5, 0.6) is 0 Å². The third-order valence-corrected chi connectivity index (χ3v) is 7.99. The quantitative estimate of drug-likeness (QED) is 0.361. The molecule has 0 aliphatic heterocycles. The maximum atomic E-state index is 13.8. The van der Waals surface area contributed by atoms with Crippen molar-refractivity contribution in [3.63, 3.8) is 0 Å². The van der Waals surface area contributed by atoms with Crippen molar-refractivity contribution < 1.29 is 22.4 Å². The zero-order chi connectivity index (χ0) is 27.9. The summed E-state index contributed by atoms with van der Waals surface area (Å²) in [5.41, 5.74) is 1.71. The van der Waals surface area contributed by atoms with Gasteiger partial charge in [-0.05, 0) is 79.9 Å². The summed E-state index contributed by atoms with van der Waals surface area (Å²) in [5.74, 6) is -1.39. The zero-order valence-corrected chi connectivity index (χ0v) is 23.1. The Balaban J connectivity index is 2.01. The van der Waals surface area contributed by atoms with Crippen LogP contribution in [0.4, 0.5) is 10.1 Å². The van der Waals surface area contributed by atoms with Gasteiger partial charge in [0.05, 0.1) is 10.6 Å². The van der Waals surface area contributed by atoms with Crippen molar-refractivity contribution in [3.8, 4) is 0 Å². The van der Waals surface area contributed by atoms with Crippen LogP contribution in [0, 0.1) is 12.7 Å². The van der Waals surface area contributed by atoms with Gasteiger partial charge in [-0.15, -0.1) is 0 Å². The van der Waals surface area contributed by atoms with Gasteiger partial charge in [0.2, 0.25) is 11.8 Å². The molecular formula is C28H31ClFN3O4S. The monoisotopic (exact) mass is 559 g/mol. The van der Waals surface area contributed by atoms with E-state index in [1.165, 1.54) is 53.4 Å². The van der Waals surface area contributed by atoms with E-state index in [2.05, 4.69) is 5.32 Å². The Morgan fingerprint density at radius 1 is 1.03 bits per heavy atom. The minimum atomic E-state index is -4.18. The molecule has 0 fully saturated rings. The number of amides is 2. The highest BCUT2D eigenvalue weighted by atomic mass is 35.5. The van der Waals surface area contributed by atoms with Crippen LogP contribution >= 0.6 is 11.6 Å². The third kappa shape index (κ3) is 7.33. The summed E-state index contributed by atoms with van der Waals surface area (Å²) in [5, 5.41) is 3.15. The van der Waals surface area contributed by atoms with Crippen molar-refractivity contribution in [2.45, 2.75) is 44.7 Å². The van der Waals surface area contributed by atoms with Crippen LogP contribution in [0.1, 0.15) is 31.4 Å². The summed E-state index contributed by atoms with van der Waals surface area (Å²) < 4.78 is 42.0. The lowest BCUT2D eigenvalue weighted by atomic mass is 10.1. The number of benzene rings is 3. The van der Waals surface area contributed by atoms with Crippen LogP contribution in [-0.4, -0.2) is 44.3 Å². The molecule has 3 aromatic rings. The van der Waals surface area contributed by atoms with Gasteiger partial charge in [-0.25, -0.2) is 12.8 Å². The molecule has 0 aliphatic rings. The predicted molar refractivity (Wildman–Crippen MR) is 147 cm³/mol. The lowest BCUT2D eigenvalue weighted by Gasteiger charge is -2.32. The van der Waals surface area contributed by atoms with Gasteiger partial charge in [0.1, 0.15) is 18.4 Å². The van der Waals surface area contributed by atoms with E-state index < -0.39 is 34.3 Å². The maximum absolute atomic E-state index is 13.8. The number of hydrogen-bond acceptors (Lipinski definition) is 4. The molecule has 0 saturated heterocycles. The average Bonchev–Trinajstić information content (AvgIpc) is 2.89. The predicted octanol–water partition coefficient (Wildman–Crippen LogP) is 4.93. The minimum absolute atomic E-state index is 0.0114. The fourth-order valence-corrected chi connectivity index (χ4v) is 5.34. The van der Waals surface area contributed by atoms with E-state index in [1.54, 1.807) is 25.1 Å². The second-order valence-electron chi connectivity index (χ2n) is 8.92. The van der Waals surface area contributed by atoms with E-state index in [9.17, 15) is 22.4 Å². The highest BCUT2D eigenvalue weighted by Gasteiger charge is 2.32. The first kappa shape index (κ1) is 29.1. The highest BCUT2D eigenvalue weighted by Crippen LogP contribution is 2.26. The molecule has 3 rings (SSSR count). The second-order valence-corrected chi connectivity index (χ2v) is 11.2. The van der Waals surface area contributed by atoms with E-state index in [4.69, 9.17) is 11.6 Å². The van der Waals surface area contributed by atoms with Gasteiger partial charge in [-0.2, -0.15) is 0 Å². The van der Waals surface area contributed by atoms with Gasteiger partial charge in [-0.3, -0.25) is 13.9 Å². The van der Waals surface area contributed by atoms with Crippen LogP contribution in [-0.2, 0) is 26.2 Å². The molecule has 0 saturated carbocycles. The Morgan fingerprint density at radius 2 is 1.68 bits per heavy atom. The van der Waals surface area contributed by atoms with Crippen molar-refractivity contribution in [2.75, 3.05) is 17.4 Å². The molecule has 7 nitrogen and oxygen atoms in total. The summed E-state index contributed by atoms with van der Waals surface area (Å²) >= 11 is 5.96. The number of carbonyl (C=O) groups is 2. The highest BCUT2D eigenvalue weighted by molar-refractivity contribution is 7.92. The Kier molecular flexibility index (Phi) is 9.88. The normalized spacial score (nSPS) is 12.0. The van der Waals surface area contributed by atoms with Crippen LogP contribution in [0.2, 0.25) is 5.02 Å². The molecule has 0 heterocycles. The van der Waals surface area contributed by atoms with E-state index >= 15 is 0 Å². The van der Waals surface area contributed by atoms with Crippen LogP contribution in [0.15, 0.2) is 77.7 Å². The Morgan fingerprint density at radius 3 is 2.29 bits per heavy atom. The fraction of sp³-hybridized carbons (Fsp3) is 0.286. The molecule has 3 aromatic carbocycles. The van der Waals surface area contributed by atoms with Crippen molar-refractivity contribution in [3.05, 3.63) is 94.8 Å². The summed E-state index contributed by atoms with van der Waals surface area (Å²) in [6.07, 6.45) is 0.713. The van der Waals surface area contributed by atoms with Crippen molar-refractivity contribution in [2.24, 2.45) is 0 Å².